The van der Waals surface area contributed by atoms with Crippen molar-refractivity contribution in [3.8, 4) is 50.2 Å². The monoisotopic (exact) mass is 854 g/mol. The smallest absolute Gasteiger partial charge is 0.135 e. The second kappa shape index (κ2) is 16.0. The van der Waals surface area contributed by atoms with E-state index in [0.717, 1.165) is 66.9 Å². The van der Waals surface area contributed by atoms with Gasteiger partial charge in [-0.3, -0.25) is 0 Å². The van der Waals surface area contributed by atoms with Crippen molar-refractivity contribution in [2.45, 2.75) is 0 Å². The molecule has 0 aliphatic carbocycles. The predicted molar refractivity (Wildman–Crippen MR) is 282 cm³/mol. The standard InChI is InChI=1S/C64H42N2O/c1-3-16-44(17-4-1)51-25-13-18-46-19-14-27-56(63(46)51)53-22-7-10-29-59(53)65(49-37-32-43(33-38-49)47-36-41-62-58(42-47)55-24-9-12-31-61(55)67-62)50-39-34-45(35-40-50)52-26-15-28-57-54-23-8-11-30-60(54)66(64(52)57)48-20-5-2-6-21-48/h1-42H. The number of hydrogen-bond donors (Lipinski definition) is 0. The van der Waals surface area contributed by atoms with Gasteiger partial charge in [0, 0.05) is 49.7 Å². The number of hydrogen-bond acceptors (Lipinski definition) is 2. The fraction of sp³-hybridized carbons (Fsp3) is 0. The van der Waals surface area contributed by atoms with Crippen molar-refractivity contribution in [1.29, 1.82) is 0 Å². The Labute approximate surface area is 388 Å². The van der Waals surface area contributed by atoms with Crippen molar-refractivity contribution in [2.24, 2.45) is 0 Å². The van der Waals surface area contributed by atoms with Crippen LogP contribution in [0.4, 0.5) is 17.1 Å². The van der Waals surface area contributed by atoms with Crippen LogP contribution in [0.25, 0.3) is 105 Å². The summed E-state index contributed by atoms with van der Waals surface area (Å²) in [6.07, 6.45) is 0. The minimum absolute atomic E-state index is 0.898. The average molecular weight is 855 g/mol. The van der Waals surface area contributed by atoms with Crippen LogP contribution >= 0.6 is 0 Å². The molecule has 0 unspecified atom stereocenters. The van der Waals surface area contributed by atoms with Crippen molar-refractivity contribution >= 4 is 71.6 Å². The van der Waals surface area contributed by atoms with Crippen molar-refractivity contribution in [3.05, 3.63) is 255 Å². The van der Waals surface area contributed by atoms with Crippen LogP contribution in [0.2, 0.25) is 0 Å². The van der Waals surface area contributed by atoms with Gasteiger partial charge in [-0.15, -0.1) is 0 Å². The predicted octanol–water partition coefficient (Wildman–Crippen LogP) is 18.0. The summed E-state index contributed by atoms with van der Waals surface area (Å²) in [6, 6.07) is 92.0. The molecule has 2 aromatic heterocycles. The maximum atomic E-state index is 6.19. The van der Waals surface area contributed by atoms with Gasteiger partial charge >= 0.3 is 0 Å². The number of furan rings is 1. The molecule has 0 aliphatic heterocycles. The van der Waals surface area contributed by atoms with E-state index in [4.69, 9.17) is 4.42 Å². The minimum Gasteiger partial charge on any atom is -0.456 e. The quantitative estimate of drug-likeness (QED) is 0.152. The van der Waals surface area contributed by atoms with Crippen LogP contribution < -0.4 is 4.90 Å². The molecule has 0 bridgehead atoms. The van der Waals surface area contributed by atoms with Gasteiger partial charge in [-0.05, 0) is 111 Å². The lowest BCUT2D eigenvalue weighted by atomic mass is 9.90. The van der Waals surface area contributed by atoms with Gasteiger partial charge in [0.1, 0.15) is 11.2 Å². The molecule has 0 saturated carbocycles. The lowest BCUT2D eigenvalue weighted by Crippen LogP contribution is -2.11. The van der Waals surface area contributed by atoms with Crippen LogP contribution in [0.3, 0.4) is 0 Å². The number of nitrogens with zero attached hydrogens (tertiary/aromatic N) is 2. The molecule has 2 heterocycles. The van der Waals surface area contributed by atoms with Crippen molar-refractivity contribution < 1.29 is 4.42 Å². The van der Waals surface area contributed by atoms with Crippen molar-refractivity contribution in [1.82, 2.24) is 4.57 Å². The normalized spacial score (nSPS) is 11.6. The first-order chi connectivity index (χ1) is 33.2. The summed E-state index contributed by atoms with van der Waals surface area (Å²) in [5, 5.41) is 7.17. The zero-order valence-electron chi connectivity index (χ0n) is 36.6. The number of para-hydroxylation sites is 5. The number of benzene rings is 11. The Balaban J connectivity index is 0.981. The third-order valence-electron chi connectivity index (χ3n) is 13.4. The molecule has 314 valence electrons. The Morgan fingerprint density at radius 2 is 0.881 bits per heavy atom. The summed E-state index contributed by atoms with van der Waals surface area (Å²) in [5.74, 6) is 0. The van der Waals surface area contributed by atoms with Crippen LogP contribution in [0.1, 0.15) is 0 Å². The first-order valence-corrected chi connectivity index (χ1v) is 22.9. The Morgan fingerprint density at radius 3 is 1.67 bits per heavy atom. The third-order valence-corrected chi connectivity index (χ3v) is 13.4. The van der Waals surface area contributed by atoms with Crippen LogP contribution in [-0.4, -0.2) is 4.57 Å². The maximum absolute atomic E-state index is 6.19. The summed E-state index contributed by atoms with van der Waals surface area (Å²) in [6.45, 7) is 0. The van der Waals surface area contributed by atoms with E-state index in [1.54, 1.807) is 0 Å². The second-order valence-corrected chi connectivity index (χ2v) is 17.2. The van der Waals surface area contributed by atoms with E-state index in [1.165, 1.54) is 54.8 Å². The van der Waals surface area contributed by atoms with Gasteiger partial charge in [0.2, 0.25) is 0 Å². The Morgan fingerprint density at radius 1 is 0.328 bits per heavy atom. The molecule has 0 N–H and O–H groups in total. The molecule has 0 radical (unpaired) electrons. The number of anilines is 3. The van der Waals surface area contributed by atoms with Crippen LogP contribution in [0.5, 0.6) is 0 Å². The van der Waals surface area contributed by atoms with E-state index in [2.05, 4.69) is 252 Å². The van der Waals surface area contributed by atoms with E-state index in [-0.39, 0.29) is 0 Å². The molecule has 0 amide bonds. The topological polar surface area (TPSA) is 21.3 Å². The van der Waals surface area contributed by atoms with Crippen LogP contribution in [0.15, 0.2) is 259 Å². The first-order valence-electron chi connectivity index (χ1n) is 22.9. The van der Waals surface area contributed by atoms with Gasteiger partial charge in [-0.25, -0.2) is 0 Å². The van der Waals surface area contributed by atoms with Crippen molar-refractivity contribution in [3.63, 3.8) is 0 Å². The maximum Gasteiger partial charge on any atom is 0.135 e. The first kappa shape index (κ1) is 38.5. The molecular weight excluding hydrogens is 813 g/mol. The number of aromatic nitrogens is 1. The number of fused-ring (bicyclic) bond motifs is 7. The van der Waals surface area contributed by atoms with E-state index in [9.17, 15) is 0 Å². The Hall–Kier alpha value is -8.92. The highest BCUT2D eigenvalue weighted by Crippen LogP contribution is 2.46. The van der Waals surface area contributed by atoms with Gasteiger partial charge in [0.05, 0.1) is 16.7 Å². The van der Waals surface area contributed by atoms with Crippen LogP contribution in [0, 0.1) is 0 Å². The molecule has 0 fully saturated rings. The molecular formula is C64H42N2O. The average Bonchev–Trinajstić information content (AvgIpc) is 3.95. The Bertz CT molecular complexity index is 3950. The highest BCUT2D eigenvalue weighted by Gasteiger charge is 2.21. The van der Waals surface area contributed by atoms with Gasteiger partial charge in [-0.2, -0.15) is 0 Å². The molecule has 0 atom stereocenters. The molecule has 3 nitrogen and oxygen atoms in total. The fourth-order valence-electron chi connectivity index (χ4n) is 10.3. The molecule has 13 rings (SSSR count). The molecule has 11 aromatic carbocycles. The van der Waals surface area contributed by atoms with Gasteiger partial charge in [-0.1, -0.05) is 188 Å². The molecule has 0 aliphatic rings. The zero-order chi connectivity index (χ0) is 44.3. The highest BCUT2D eigenvalue weighted by atomic mass is 16.3. The fourth-order valence-corrected chi connectivity index (χ4v) is 10.3. The van der Waals surface area contributed by atoms with E-state index in [1.807, 2.05) is 12.1 Å². The van der Waals surface area contributed by atoms with Gasteiger partial charge in [0.25, 0.3) is 0 Å². The molecule has 13 aromatic rings. The van der Waals surface area contributed by atoms with Crippen molar-refractivity contribution in [2.75, 3.05) is 4.90 Å². The van der Waals surface area contributed by atoms with Gasteiger partial charge < -0.3 is 13.9 Å². The summed E-state index contributed by atoms with van der Waals surface area (Å²) in [5.41, 5.74) is 17.9. The number of rotatable bonds is 8. The summed E-state index contributed by atoms with van der Waals surface area (Å²) >= 11 is 0. The summed E-state index contributed by atoms with van der Waals surface area (Å²) in [7, 11) is 0. The lowest BCUT2D eigenvalue weighted by molar-refractivity contribution is 0.669. The largest absolute Gasteiger partial charge is 0.456 e. The van der Waals surface area contributed by atoms with E-state index < -0.39 is 0 Å². The summed E-state index contributed by atoms with van der Waals surface area (Å²) < 4.78 is 8.60. The van der Waals surface area contributed by atoms with Crippen LogP contribution in [-0.2, 0) is 0 Å². The van der Waals surface area contributed by atoms with E-state index >= 15 is 0 Å². The highest BCUT2D eigenvalue weighted by molar-refractivity contribution is 6.14. The second-order valence-electron chi connectivity index (χ2n) is 17.2. The molecule has 3 heteroatoms. The van der Waals surface area contributed by atoms with E-state index in [0.29, 0.717) is 0 Å². The lowest BCUT2D eigenvalue weighted by Gasteiger charge is -2.29. The Kier molecular flexibility index (Phi) is 9.17. The minimum atomic E-state index is 0.898. The SMILES string of the molecule is c1ccc(-c2cccc3cccc(-c4ccccc4N(c4ccc(-c5ccc6oc7ccccc7c6c5)cc4)c4ccc(-c5cccc6c7ccccc7n(-c7ccccc7)c56)cc4)c23)cc1. The molecule has 0 saturated heterocycles. The third kappa shape index (κ3) is 6.51. The molecule has 67 heavy (non-hydrogen) atoms. The summed E-state index contributed by atoms with van der Waals surface area (Å²) in [4.78, 5) is 2.42. The van der Waals surface area contributed by atoms with Gasteiger partial charge in [0.15, 0.2) is 0 Å². The zero-order valence-corrected chi connectivity index (χ0v) is 36.6. The molecule has 0 spiro atoms.